The van der Waals surface area contributed by atoms with Gasteiger partial charge in [-0.25, -0.2) is 9.37 Å². The fraction of sp³-hybridized carbons (Fsp3) is 0.0588. The second-order valence-electron chi connectivity index (χ2n) is 4.65. The molecule has 22 heavy (non-hydrogen) atoms. The van der Waals surface area contributed by atoms with Crippen LogP contribution in [0.25, 0.3) is 17.1 Å². The Labute approximate surface area is 131 Å². The number of thioether (sulfide) groups is 1. The van der Waals surface area contributed by atoms with Gasteiger partial charge in [-0.1, -0.05) is 36.0 Å². The van der Waals surface area contributed by atoms with Crippen molar-refractivity contribution in [3.05, 3.63) is 66.0 Å². The number of imidazole rings is 1. The van der Waals surface area contributed by atoms with Gasteiger partial charge in [0.05, 0.1) is 11.0 Å². The second-order valence-corrected chi connectivity index (χ2v) is 5.42. The summed E-state index contributed by atoms with van der Waals surface area (Å²) in [5.41, 5.74) is 2.18. The van der Waals surface area contributed by atoms with E-state index in [1.54, 1.807) is 22.8 Å². The minimum atomic E-state index is -0.326. The number of hydrogen-bond donors (Lipinski definition) is 0. The van der Waals surface area contributed by atoms with Crippen molar-refractivity contribution in [3.8, 4) is 0 Å². The normalized spacial score (nSPS) is 11.4. The van der Waals surface area contributed by atoms with Gasteiger partial charge in [0, 0.05) is 6.08 Å². The van der Waals surface area contributed by atoms with Crippen LogP contribution in [0.15, 0.2) is 59.8 Å². The molecular weight excluding hydrogens is 299 g/mol. The average molecular weight is 312 g/mol. The first-order valence-electron chi connectivity index (χ1n) is 6.68. The van der Waals surface area contributed by atoms with Crippen LogP contribution in [0.4, 0.5) is 4.39 Å². The summed E-state index contributed by atoms with van der Waals surface area (Å²) in [6.45, 7) is 0. The maximum Gasteiger partial charge on any atom is 0.257 e. The molecule has 3 aromatic rings. The third kappa shape index (κ3) is 2.80. The quantitative estimate of drug-likeness (QED) is 0.535. The van der Waals surface area contributed by atoms with E-state index in [9.17, 15) is 9.18 Å². The van der Waals surface area contributed by atoms with Gasteiger partial charge in [0.15, 0.2) is 5.16 Å². The Morgan fingerprint density at radius 3 is 2.82 bits per heavy atom. The molecule has 3 rings (SSSR count). The molecule has 0 aliphatic heterocycles. The van der Waals surface area contributed by atoms with Gasteiger partial charge in [0.2, 0.25) is 0 Å². The van der Waals surface area contributed by atoms with Crippen molar-refractivity contribution < 1.29 is 9.18 Å². The van der Waals surface area contributed by atoms with Gasteiger partial charge in [-0.15, -0.1) is 0 Å². The van der Waals surface area contributed by atoms with E-state index in [0.29, 0.717) is 10.7 Å². The molecule has 0 atom stereocenters. The van der Waals surface area contributed by atoms with Crippen LogP contribution < -0.4 is 0 Å². The lowest BCUT2D eigenvalue weighted by molar-refractivity contribution is 0.0965. The van der Waals surface area contributed by atoms with Crippen LogP contribution in [0.3, 0.4) is 0 Å². The first-order chi connectivity index (χ1) is 10.7. The molecule has 0 spiro atoms. The van der Waals surface area contributed by atoms with Gasteiger partial charge < -0.3 is 0 Å². The number of para-hydroxylation sites is 2. The summed E-state index contributed by atoms with van der Waals surface area (Å²) in [5.74, 6) is -0.533. The lowest BCUT2D eigenvalue weighted by Gasteiger charge is -2.02. The van der Waals surface area contributed by atoms with Gasteiger partial charge in [0.1, 0.15) is 5.82 Å². The Balaban J connectivity index is 1.98. The molecule has 0 N–H and O–H groups in total. The lowest BCUT2D eigenvalue weighted by atomic mass is 10.2. The van der Waals surface area contributed by atoms with Crippen molar-refractivity contribution in [2.75, 3.05) is 6.26 Å². The molecular formula is C17H13FN2OS. The number of carbonyl (C=O) groups excluding carboxylic acids is 1. The van der Waals surface area contributed by atoms with E-state index < -0.39 is 0 Å². The van der Waals surface area contributed by atoms with Crippen LogP contribution in [0.1, 0.15) is 10.4 Å². The van der Waals surface area contributed by atoms with E-state index in [0.717, 1.165) is 11.0 Å². The summed E-state index contributed by atoms with van der Waals surface area (Å²) in [7, 11) is 0. The minimum absolute atomic E-state index is 0.206. The monoisotopic (exact) mass is 312 g/mol. The fourth-order valence-corrected chi connectivity index (χ4v) is 2.77. The number of hydrogen-bond acceptors (Lipinski definition) is 3. The van der Waals surface area contributed by atoms with E-state index in [1.807, 2.05) is 30.5 Å². The van der Waals surface area contributed by atoms with Crippen LogP contribution >= 0.6 is 11.8 Å². The molecule has 0 aliphatic carbocycles. The van der Waals surface area contributed by atoms with Crippen LogP contribution in [-0.4, -0.2) is 21.7 Å². The summed E-state index contributed by atoms with van der Waals surface area (Å²) in [5, 5.41) is 0.634. The minimum Gasteiger partial charge on any atom is -0.269 e. The van der Waals surface area contributed by atoms with Crippen molar-refractivity contribution in [3.63, 3.8) is 0 Å². The molecule has 0 fully saturated rings. The molecule has 0 saturated heterocycles. The van der Waals surface area contributed by atoms with Gasteiger partial charge in [-0.3, -0.25) is 9.36 Å². The molecule has 5 heteroatoms. The molecule has 0 amide bonds. The number of carbonyl (C=O) groups is 1. The van der Waals surface area contributed by atoms with Gasteiger partial charge >= 0.3 is 0 Å². The molecule has 0 saturated carbocycles. The number of fused-ring (bicyclic) bond motifs is 1. The zero-order chi connectivity index (χ0) is 15.5. The van der Waals surface area contributed by atoms with Crippen molar-refractivity contribution in [1.82, 2.24) is 9.55 Å². The van der Waals surface area contributed by atoms with E-state index in [-0.39, 0.29) is 11.7 Å². The van der Waals surface area contributed by atoms with Crippen molar-refractivity contribution in [1.29, 1.82) is 0 Å². The number of allylic oxidation sites excluding steroid dienone is 1. The number of rotatable bonds is 3. The fourth-order valence-electron chi connectivity index (χ4n) is 2.21. The van der Waals surface area contributed by atoms with Crippen molar-refractivity contribution >= 4 is 34.8 Å². The summed E-state index contributed by atoms with van der Waals surface area (Å²) in [6, 6.07) is 13.6. The van der Waals surface area contributed by atoms with Crippen LogP contribution in [0, 0.1) is 5.82 Å². The van der Waals surface area contributed by atoms with Gasteiger partial charge in [0.25, 0.3) is 5.91 Å². The summed E-state index contributed by atoms with van der Waals surface area (Å²) in [4.78, 5) is 16.9. The SMILES string of the molecule is CSc1nc2ccccc2n1C(=O)/C=C/c1cccc(F)c1. The lowest BCUT2D eigenvalue weighted by Crippen LogP contribution is -2.08. The highest BCUT2D eigenvalue weighted by Gasteiger charge is 2.13. The summed E-state index contributed by atoms with van der Waals surface area (Å²) < 4.78 is 14.7. The zero-order valence-electron chi connectivity index (χ0n) is 11.9. The van der Waals surface area contributed by atoms with Crippen molar-refractivity contribution in [2.45, 2.75) is 5.16 Å². The molecule has 0 unspecified atom stereocenters. The number of benzene rings is 2. The molecule has 1 heterocycles. The molecule has 0 radical (unpaired) electrons. The zero-order valence-corrected chi connectivity index (χ0v) is 12.7. The molecule has 0 bridgehead atoms. The smallest absolute Gasteiger partial charge is 0.257 e. The third-order valence-electron chi connectivity index (χ3n) is 3.20. The first kappa shape index (κ1) is 14.5. The maximum absolute atomic E-state index is 13.2. The summed E-state index contributed by atoms with van der Waals surface area (Å²) in [6.07, 6.45) is 4.91. The van der Waals surface area contributed by atoms with Crippen LogP contribution in [-0.2, 0) is 0 Å². The highest BCUT2D eigenvalue weighted by Crippen LogP contribution is 2.22. The Morgan fingerprint density at radius 2 is 2.05 bits per heavy atom. The predicted octanol–water partition coefficient (Wildman–Crippen LogP) is 4.25. The standard InChI is InChI=1S/C17H13FN2OS/c1-22-17-19-14-7-2-3-8-15(14)20(17)16(21)10-9-12-5-4-6-13(18)11-12/h2-11H,1H3/b10-9+. The number of nitrogens with zero attached hydrogens (tertiary/aromatic N) is 2. The summed E-state index contributed by atoms with van der Waals surface area (Å²) >= 11 is 1.41. The molecule has 110 valence electrons. The van der Waals surface area contributed by atoms with Crippen molar-refractivity contribution in [2.24, 2.45) is 0 Å². The number of halogens is 1. The average Bonchev–Trinajstić information content (AvgIpc) is 2.91. The van der Waals surface area contributed by atoms with E-state index >= 15 is 0 Å². The highest BCUT2D eigenvalue weighted by atomic mass is 32.2. The van der Waals surface area contributed by atoms with Crippen LogP contribution in [0.2, 0.25) is 0 Å². The molecule has 0 aliphatic rings. The molecule has 1 aromatic heterocycles. The highest BCUT2D eigenvalue weighted by molar-refractivity contribution is 7.98. The maximum atomic E-state index is 13.2. The van der Waals surface area contributed by atoms with E-state index in [1.165, 1.54) is 30.0 Å². The first-order valence-corrected chi connectivity index (χ1v) is 7.91. The number of aromatic nitrogens is 2. The topological polar surface area (TPSA) is 34.9 Å². The van der Waals surface area contributed by atoms with Gasteiger partial charge in [-0.05, 0) is 42.2 Å². The Kier molecular flexibility index (Phi) is 4.06. The Bertz CT molecular complexity index is 870. The Hall–Kier alpha value is -2.40. The molecule has 3 nitrogen and oxygen atoms in total. The predicted molar refractivity (Wildman–Crippen MR) is 87.6 cm³/mol. The molecule has 2 aromatic carbocycles. The van der Waals surface area contributed by atoms with E-state index in [4.69, 9.17) is 0 Å². The van der Waals surface area contributed by atoms with Crippen LogP contribution in [0.5, 0.6) is 0 Å². The third-order valence-corrected chi connectivity index (χ3v) is 3.84. The second kappa shape index (κ2) is 6.15. The largest absolute Gasteiger partial charge is 0.269 e. The van der Waals surface area contributed by atoms with Gasteiger partial charge in [-0.2, -0.15) is 0 Å². The Morgan fingerprint density at radius 1 is 1.23 bits per heavy atom. The van der Waals surface area contributed by atoms with E-state index in [2.05, 4.69) is 4.98 Å².